The Labute approximate surface area is 166 Å². The summed E-state index contributed by atoms with van der Waals surface area (Å²) in [4.78, 5) is 40.1. The van der Waals surface area contributed by atoms with Gasteiger partial charge in [0.1, 0.15) is 6.04 Å². The maximum absolute atomic E-state index is 12.4. The number of pyridine rings is 1. The van der Waals surface area contributed by atoms with Gasteiger partial charge in [0, 0.05) is 31.3 Å². The van der Waals surface area contributed by atoms with E-state index in [0.717, 1.165) is 24.5 Å². The molecule has 1 heterocycles. The van der Waals surface area contributed by atoms with E-state index < -0.39 is 17.9 Å². The smallest absolute Gasteiger partial charge is 0.243 e. The number of nitrogens with two attached hydrogens (primary N) is 1. The lowest BCUT2D eigenvalue weighted by molar-refractivity contribution is -0.131. The average Bonchev–Trinajstić information content (AvgIpc) is 2.68. The molecule has 1 aliphatic carbocycles. The highest BCUT2D eigenvalue weighted by atomic mass is 16.2. The Bertz CT molecular complexity index is 630. The monoisotopic (exact) mass is 388 g/mol. The van der Waals surface area contributed by atoms with E-state index in [1.807, 2.05) is 18.2 Å². The van der Waals surface area contributed by atoms with Gasteiger partial charge in [-0.15, -0.1) is 0 Å². The molecule has 0 radical (unpaired) electrons. The van der Waals surface area contributed by atoms with E-state index in [1.54, 1.807) is 6.20 Å². The van der Waals surface area contributed by atoms with E-state index in [0.29, 0.717) is 19.4 Å². The lowest BCUT2D eigenvalue weighted by atomic mass is 9.86. The SMILES string of the molecule is NC(=O)C[C@@H](NC(=O)CCCC1CCCCC1)C(=O)NCCc1ccccn1. The van der Waals surface area contributed by atoms with Crippen molar-refractivity contribution in [2.24, 2.45) is 11.7 Å². The summed E-state index contributed by atoms with van der Waals surface area (Å²) in [6.07, 6.45) is 10.7. The molecule has 28 heavy (non-hydrogen) atoms. The molecule has 0 aliphatic heterocycles. The van der Waals surface area contributed by atoms with E-state index in [2.05, 4.69) is 15.6 Å². The molecule has 0 unspecified atom stereocenters. The molecular weight excluding hydrogens is 356 g/mol. The van der Waals surface area contributed by atoms with Crippen molar-refractivity contribution in [1.82, 2.24) is 15.6 Å². The van der Waals surface area contributed by atoms with E-state index in [9.17, 15) is 14.4 Å². The number of nitrogens with one attached hydrogen (secondary N) is 2. The Kier molecular flexibility index (Phi) is 9.45. The van der Waals surface area contributed by atoms with Crippen LogP contribution < -0.4 is 16.4 Å². The molecule has 7 heteroatoms. The highest BCUT2D eigenvalue weighted by Gasteiger charge is 2.23. The molecule has 0 saturated heterocycles. The third-order valence-corrected chi connectivity index (χ3v) is 5.20. The van der Waals surface area contributed by atoms with Crippen LogP contribution in [0, 0.1) is 5.92 Å². The second-order valence-electron chi connectivity index (χ2n) is 7.55. The number of carbonyl (C=O) groups excluding carboxylic acids is 3. The molecule has 1 aromatic heterocycles. The predicted octanol–water partition coefficient (Wildman–Crippen LogP) is 1.85. The van der Waals surface area contributed by atoms with Gasteiger partial charge in [-0.3, -0.25) is 19.4 Å². The van der Waals surface area contributed by atoms with Gasteiger partial charge in [-0.2, -0.15) is 0 Å². The van der Waals surface area contributed by atoms with Crippen molar-refractivity contribution in [3.63, 3.8) is 0 Å². The molecule has 154 valence electrons. The number of rotatable bonds is 11. The van der Waals surface area contributed by atoms with Crippen LogP contribution in [-0.2, 0) is 20.8 Å². The van der Waals surface area contributed by atoms with Crippen LogP contribution in [0.2, 0.25) is 0 Å². The largest absolute Gasteiger partial charge is 0.370 e. The number of carbonyl (C=O) groups is 3. The maximum atomic E-state index is 12.4. The molecule has 7 nitrogen and oxygen atoms in total. The molecule has 1 aromatic rings. The summed E-state index contributed by atoms with van der Waals surface area (Å²) in [6.45, 7) is 0.378. The predicted molar refractivity (Wildman–Crippen MR) is 107 cm³/mol. The van der Waals surface area contributed by atoms with Crippen molar-refractivity contribution in [3.05, 3.63) is 30.1 Å². The van der Waals surface area contributed by atoms with Crippen LogP contribution >= 0.6 is 0 Å². The highest BCUT2D eigenvalue weighted by Crippen LogP contribution is 2.27. The zero-order valence-electron chi connectivity index (χ0n) is 16.5. The number of amides is 3. The quantitative estimate of drug-likeness (QED) is 0.537. The van der Waals surface area contributed by atoms with Crippen molar-refractivity contribution in [3.8, 4) is 0 Å². The van der Waals surface area contributed by atoms with E-state index >= 15 is 0 Å². The molecule has 2 rings (SSSR count). The fourth-order valence-electron chi connectivity index (χ4n) is 3.69. The van der Waals surface area contributed by atoms with Gasteiger partial charge in [-0.25, -0.2) is 0 Å². The third kappa shape index (κ3) is 8.50. The number of hydrogen-bond donors (Lipinski definition) is 3. The number of hydrogen-bond acceptors (Lipinski definition) is 4. The van der Waals surface area contributed by atoms with Crippen molar-refractivity contribution in [2.45, 2.75) is 70.3 Å². The van der Waals surface area contributed by atoms with Crippen LogP contribution in [0.5, 0.6) is 0 Å². The van der Waals surface area contributed by atoms with Gasteiger partial charge in [-0.1, -0.05) is 38.2 Å². The molecule has 1 fully saturated rings. The Balaban J connectivity index is 1.72. The van der Waals surface area contributed by atoms with Crippen molar-refractivity contribution in [1.29, 1.82) is 0 Å². The molecule has 1 saturated carbocycles. The van der Waals surface area contributed by atoms with Crippen LogP contribution in [0.3, 0.4) is 0 Å². The van der Waals surface area contributed by atoms with Crippen molar-refractivity contribution >= 4 is 17.7 Å². The zero-order chi connectivity index (χ0) is 20.2. The number of aromatic nitrogens is 1. The lowest BCUT2D eigenvalue weighted by Gasteiger charge is -2.21. The summed E-state index contributed by atoms with van der Waals surface area (Å²) < 4.78 is 0. The zero-order valence-corrected chi connectivity index (χ0v) is 16.5. The fraction of sp³-hybridized carbons (Fsp3) is 0.619. The van der Waals surface area contributed by atoms with Gasteiger partial charge < -0.3 is 16.4 Å². The molecule has 0 aromatic carbocycles. The Morgan fingerprint density at radius 2 is 1.96 bits per heavy atom. The van der Waals surface area contributed by atoms with Gasteiger partial charge in [0.25, 0.3) is 0 Å². The third-order valence-electron chi connectivity index (χ3n) is 5.20. The Morgan fingerprint density at radius 3 is 2.64 bits per heavy atom. The topological polar surface area (TPSA) is 114 Å². The average molecular weight is 389 g/mol. The molecular formula is C21H32N4O3. The molecule has 0 bridgehead atoms. The number of primary amides is 1. The minimum absolute atomic E-state index is 0.205. The van der Waals surface area contributed by atoms with E-state index in [4.69, 9.17) is 5.73 Å². The number of nitrogens with zero attached hydrogens (tertiary/aromatic N) is 1. The van der Waals surface area contributed by atoms with E-state index in [1.165, 1.54) is 32.1 Å². The second-order valence-corrected chi connectivity index (χ2v) is 7.55. The molecule has 4 N–H and O–H groups in total. The van der Waals surface area contributed by atoms with E-state index in [-0.39, 0.29) is 12.3 Å². The molecule has 0 spiro atoms. The first-order valence-corrected chi connectivity index (χ1v) is 10.3. The first-order chi connectivity index (χ1) is 13.5. The van der Waals surface area contributed by atoms with Gasteiger partial charge in [0.2, 0.25) is 17.7 Å². The molecule has 1 aliphatic rings. The summed E-state index contributed by atoms with van der Waals surface area (Å²) in [5.41, 5.74) is 6.11. The summed E-state index contributed by atoms with van der Waals surface area (Å²) in [6, 6.07) is 4.66. The van der Waals surface area contributed by atoms with Crippen LogP contribution in [0.4, 0.5) is 0 Å². The lowest BCUT2D eigenvalue weighted by Crippen LogP contribution is -2.49. The molecule has 3 amide bonds. The highest BCUT2D eigenvalue weighted by molar-refractivity contribution is 5.91. The summed E-state index contributed by atoms with van der Waals surface area (Å²) in [5.74, 6) is -0.498. The normalized spacial score (nSPS) is 15.6. The fourth-order valence-corrected chi connectivity index (χ4v) is 3.69. The second kappa shape index (κ2) is 12.1. The van der Waals surface area contributed by atoms with Crippen molar-refractivity contribution < 1.29 is 14.4 Å². The molecule has 1 atom stereocenters. The minimum atomic E-state index is -0.927. The summed E-state index contributed by atoms with van der Waals surface area (Å²) in [7, 11) is 0. The van der Waals surface area contributed by atoms with Gasteiger partial charge in [0.05, 0.1) is 6.42 Å². The van der Waals surface area contributed by atoms with Crippen LogP contribution in [0.15, 0.2) is 24.4 Å². The van der Waals surface area contributed by atoms with Crippen LogP contribution in [-0.4, -0.2) is 35.3 Å². The van der Waals surface area contributed by atoms with Crippen LogP contribution in [0.25, 0.3) is 0 Å². The minimum Gasteiger partial charge on any atom is -0.370 e. The van der Waals surface area contributed by atoms with Gasteiger partial charge >= 0.3 is 0 Å². The first-order valence-electron chi connectivity index (χ1n) is 10.3. The maximum Gasteiger partial charge on any atom is 0.243 e. The van der Waals surface area contributed by atoms with Crippen molar-refractivity contribution in [2.75, 3.05) is 6.54 Å². The Morgan fingerprint density at radius 1 is 1.18 bits per heavy atom. The van der Waals surface area contributed by atoms with Gasteiger partial charge in [0.15, 0.2) is 0 Å². The summed E-state index contributed by atoms with van der Waals surface area (Å²) >= 11 is 0. The Hall–Kier alpha value is -2.44. The van der Waals surface area contributed by atoms with Crippen LogP contribution in [0.1, 0.15) is 63.5 Å². The first kappa shape index (κ1) is 21.9. The summed E-state index contributed by atoms with van der Waals surface area (Å²) in [5, 5.41) is 5.42. The van der Waals surface area contributed by atoms with Gasteiger partial charge in [-0.05, 0) is 30.9 Å². The standard InChI is InChI=1S/C21H32N4O3/c22-19(26)15-18(21(28)24-14-12-17-10-4-5-13-23-17)25-20(27)11-6-9-16-7-2-1-3-8-16/h4-5,10,13,16,18H,1-3,6-9,11-12,14-15H2,(H2,22,26)(H,24,28)(H,25,27)/t18-/m1/s1.